The number of ether oxygens (including phenoxy) is 1. The van der Waals surface area contributed by atoms with Crippen molar-refractivity contribution >= 4 is 28.5 Å². The molecular weight excluding hydrogens is 367 g/mol. The number of hydrogen-bond donors (Lipinski definition) is 0. The first kappa shape index (κ1) is 14.5. The number of likely N-dealkylation sites (tertiary alicyclic amines) is 1. The smallest absolute Gasteiger partial charge is 0.260 e. The molecule has 1 amide bonds. The van der Waals surface area contributed by atoms with Crippen molar-refractivity contribution in [2.45, 2.75) is 18.8 Å². The fraction of sp³-hybridized carbons (Fsp3) is 0.462. The van der Waals surface area contributed by atoms with Gasteiger partial charge in [-0.05, 0) is 40.8 Å². The SMILES string of the molecule is O=C(COc1cccc(I)c1)N1CCC(F)(F)CC1. The van der Waals surface area contributed by atoms with Gasteiger partial charge in [-0.3, -0.25) is 4.79 Å². The molecule has 1 heterocycles. The largest absolute Gasteiger partial charge is 0.484 e. The number of rotatable bonds is 3. The van der Waals surface area contributed by atoms with Gasteiger partial charge < -0.3 is 9.64 Å². The van der Waals surface area contributed by atoms with Crippen LogP contribution in [0.3, 0.4) is 0 Å². The molecule has 0 unspecified atom stereocenters. The lowest BCUT2D eigenvalue weighted by Crippen LogP contribution is -2.44. The first-order valence-corrected chi connectivity index (χ1v) is 7.08. The molecule has 0 bridgehead atoms. The van der Waals surface area contributed by atoms with E-state index in [1.54, 1.807) is 6.07 Å². The standard InChI is InChI=1S/C13H14F2INO2/c14-13(15)4-6-17(7-5-13)12(18)9-19-11-3-1-2-10(16)8-11/h1-3,8H,4-7,9H2. The summed E-state index contributed by atoms with van der Waals surface area (Å²) in [7, 11) is 0. The van der Waals surface area contributed by atoms with E-state index < -0.39 is 5.92 Å². The van der Waals surface area contributed by atoms with Gasteiger partial charge in [-0.1, -0.05) is 6.07 Å². The zero-order valence-corrected chi connectivity index (χ0v) is 12.4. The van der Waals surface area contributed by atoms with E-state index in [0.717, 1.165) is 3.57 Å². The quantitative estimate of drug-likeness (QED) is 0.754. The van der Waals surface area contributed by atoms with Crippen LogP contribution in [0.5, 0.6) is 5.75 Å². The zero-order chi connectivity index (χ0) is 13.9. The summed E-state index contributed by atoms with van der Waals surface area (Å²) < 4.78 is 32.3. The molecule has 0 spiro atoms. The average Bonchev–Trinajstić information content (AvgIpc) is 2.36. The molecule has 1 aliphatic heterocycles. The summed E-state index contributed by atoms with van der Waals surface area (Å²) in [6.07, 6.45) is -0.524. The van der Waals surface area contributed by atoms with Crippen molar-refractivity contribution in [3.8, 4) is 5.75 Å². The van der Waals surface area contributed by atoms with Crippen LogP contribution in [-0.4, -0.2) is 36.4 Å². The van der Waals surface area contributed by atoms with Crippen LogP contribution in [0.1, 0.15) is 12.8 Å². The van der Waals surface area contributed by atoms with Crippen LogP contribution in [0, 0.1) is 3.57 Å². The summed E-state index contributed by atoms with van der Waals surface area (Å²) in [6, 6.07) is 7.34. The molecule has 0 atom stereocenters. The first-order chi connectivity index (χ1) is 8.96. The molecule has 0 N–H and O–H groups in total. The molecule has 2 rings (SSSR count). The maximum absolute atomic E-state index is 13.0. The summed E-state index contributed by atoms with van der Waals surface area (Å²) in [5.41, 5.74) is 0. The lowest BCUT2D eigenvalue weighted by atomic mass is 10.1. The molecule has 19 heavy (non-hydrogen) atoms. The molecular formula is C13H14F2INO2. The van der Waals surface area contributed by atoms with Gasteiger partial charge in [0.15, 0.2) is 6.61 Å². The Kier molecular flexibility index (Phi) is 4.59. The van der Waals surface area contributed by atoms with Gasteiger partial charge in [0.1, 0.15) is 5.75 Å². The van der Waals surface area contributed by atoms with Gasteiger partial charge in [0.05, 0.1) is 0 Å². The monoisotopic (exact) mass is 381 g/mol. The van der Waals surface area contributed by atoms with Crippen molar-refractivity contribution in [1.82, 2.24) is 4.90 Å². The van der Waals surface area contributed by atoms with Crippen LogP contribution in [0.2, 0.25) is 0 Å². The average molecular weight is 381 g/mol. The van der Waals surface area contributed by atoms with E-state index in [-0.39, 0.29) is 38.4 Å². The maximum atomic E-state index is 13.0. The van der Waals surface area contributed by atoms with E-state index in [2.05, 4.69) is 22.6 Å². The highest BCUT2D eigenvalue weighted by molar-refractivity contribution is 14.1. The van der Waals surface area contributed by atoms with E-state index in [9.17, 15) is 13.6 Å². The zero-order valence-electron chi connectivity index (χ0n) is 10.2. The second-order valence-electron chi connectivity index (χ2n) is 4.48. The Hall–Kier alpha value is -0.920. The third-order valence-electron chi connectivity index (χ3n) is 3.01. The third-order valence-corrected chi connectivity index (χ3v) is 3.68. The van der Waals surface area contributed by atoms with Gasteiger partial charge in [0.25, 0.3) is 11.8 Å². The predicted molar refractivity (Wildman–Crippen MR) is 75.4 cm³/mol. The van der Waals surface area contributed by atoms with E-state index >= 15 is 0 Å². The number of carbonyl (C=O) groups excluding carboxylic acids is 1. The van der Waals surface area contributed by atoms with Gasteiger partial charge in [-0.25, -0.2) is 8.78 Å². The fourth-order valence-electron chi connectivity index (χ4n) is 1.88. The number of piperidine rings is 1. The number of amides is 1. The Labute approximate surface area is 124 Å². The molecule has 1 aromatic rings. The van der Waals surface area contributed by atoms with Crippen molar-refractivity contribution in [1.29, 1.82) is 0 Å². The van der Waals surface area contributed by atoms with Crippen molar-refractivity contribution in [2.75, 3.05) is 19.7 Å². The number of hydrogen-bond acceptors (Lipinski definition) is 2. The summed E-state index contributed by atoms with van der Waals surface area (Å²) in [5, 5.41) is 0. The Morgan fingerprint density at radius 2 is 2.05 bits per heavy atom. The van der Waals surface area contributed by atoms with E-state index in [1.807, 2.05) is 18.2 Å². The van der Waals surface area contributed by atoms with Gasteiger partial charge in [0, 0.05) is 29.5 Å². The molecule has 104 valence electrons. The molecule has 6 heteroatoms. The number of nitrogens with zero attached hydrogens (tertiary/aromatic N) is 1. The molecule has 0 saturated carbocycles. The molecule has 1 aromatic carbocycles. The number of alkyl halides is 2. The maximum Gasteiger partial charge on any atom is 0.260 e. The Morgan fingerprint density at radius 1 is 1.37 bits per heavy atom. The van der Waals surface area contributed by atoms with E-state index in [0.29, 0.717) is 5.75 Å². The summed E-state index contributed by atoms with van der Waals surface area (Å²) in [5.74, 6) is -2.26. The van der Waals surface area contributed by atoms with E-state index in [4.69, 9.17) is 4.74 Å². The number of benzene rings is 1. The van der Waals surface area contributed by atoms with Gasteiger partial charge >= 0.3 is 0 Å². The second kappa shape index (κ2) is 6.02. The molecule has 1 saturated heterocycles. The number of carbonyl (C=O) groups is 1. The fourth-order valence-corrected chi connectivity index (χ4v) is 2.39. The van der Waals surface area contributed by atoms with Gasteiger partial charge in [-0.15, -0.1) is 0 Å². The van der Waals surface area contributed by atoms with Crippen molar-refractivity contribution < 1.29 is 18.3 Å². The normalized spacial score (nSPS) is 18.2. The lowest BCUT2D eigenvalue weighted by Gasteiger charge is -2.31. The highest BCUT2D eigenvalue weighted by atomic mass is 127. The minimum atomic E-state index is -2.63. The van der Waals surface area contributed by atoms with Crippen LogP contribution in [-0.2, 0) is 4.79 Å². The highest BCUT2D eigenvalue weighted by Gasteiger charge is 2.35. The van der Waals surface area contributed by atoms with Crippen LogP contribution in [0.15, 0.2) is 24.3 Å². The molecule has 1 aliphatic rings. The lowest BCUT2D eigenvalue weighted by molar-refractivity contribution is -0.139. The third kappa shape index (κ3) is 4.29. The predicted octanol–water partition coefficient (Wildman–Crippen LogP) is 2.93. The van der Waals surface area contributed by atoms with Crippen molar-refractivity contribution in [3.63, 3.8) is 0 Å². The Bertz CT molecular complexity index is 458. The molecule has 3 nitrogen and oxygen atoms in total. The van der Waals surface area contributed by atoms with Gasteiger partial charge in [-0.2, -0.15) is 0 Å². The van der Waals surface area contributed by atoms with Crippen LogP contribution >= 0.6 is 22.6 Å². The summed E-state index contributed by atoms with van der Waals surface area (Å²) in [4.78, 5) is 13.3. The molecule has 1 fully saturated rings. The molecule has 0 aliphatic carbocycles. The van der Waals surface area contributed by atoms with Gasteiger partial charge in [0.2, 0.25) is 0 Å². The summed E-state index contributed by atoms with van der Waals surface area (Å²) >= 11 is 2.15. The minimum Gasteiger partial charge on any atom is -0.484 e. The van der Waals surface area contributed by atoms with Crippen LogP contribution < -0.4 is 4.74 Å². The van der Waals surface area contributed by atoms with Crippen LogP contribution in [0.4, 0.5) is 8.78 Å². The Morgan fingerprint density at radius 3 is 2.68 bits per heavy atom. The van der Waals surface area contributed by atoms with E-state index in [1.165, 1.54) is 4.90 Å². The second-order valence-corrected chi connectivity index (χ2v) is 5.73. The topological polar surface area (TPSA) is 29.5 Å². The summed E-state index contributed by atoms with van der Waals surface area (Å²) in [6.45, 7) is 0.0920. The minimum absolute atomic E-state index is 0.0987. The highest BCUT2D eigenvalue weighted by Crippen LogP contribution is 2.27. The number of halogens is 3. The van der Waals surface area contributed by atoms with Crippen molar-refractivity contribution in [3.05, 3.63) is 27.8 Å². The van der Waals surface area contributed by atoms with Crippen LogP contribution in [0.25, 0.3) is 0 Å². The van der Waals surface area contributed by atoms with Crippen molar-refractivity contribution in [2.24, 2.45) is 0 Å². The molecule has 0 radical (unpaired) electrons. The molecule has 0 aromatic heterocycles. The Balaban J connectivity index is 1.82. The first-order valence-electron chi connectivity index (χ1n) is 6.00.